The molecule has 1 aliphatic heterocycles. The van der Waals surface area contributed by atoms with E-state index >= 15 is 0 Å². The van der Waals surface area contributed by atoms with E-state index in [0.717, 1.165) is 11.1 Å². The number of carbonyl (C=O) groups is 2. The number of hydrogen-bond donors (Lipinski definition) is 2. The second kappa shape index (κ2) is 6.26. The third kappa shape index (κ3) is 3.08. The normalized spacial score (nSPS) is 18.8. The van der Waals surface area contributed by atoms with E-state index in [4.69, 9.17) is 9.84 Å². The van der Waals surface area contributed by atoms with Gasteiger partial charge >= 0.3 is 5.97 Å². The Morgan fingerprint density at radius 1 is 1.29 bits per heavy atom. The maximum Gasteiger partial charge on any atom is 0.325 e. The fourth-order valence-corrected chi connectivity index (χ4v) is 2.84. The van der Waals surface area contributed by atoms with Crippen molar-refractivity contribution < 1.29 is 19.4 Å². The molecule has 2 rings (SSSR count). The summed E-state index contributed by atoms with van der Waals surface area (Å²) >= 11 is 0. The van der Waals surface area contributed by atoms with Gasteiger partial charge in [-0.05, 0) is 37.8 Å². The predicted octanol–water partition coefficient (Wildman–Crippen LogP) is 1.63. The monoisotopic (exact) mass is 291 g/mol. The Hall–Kier alpha value is -1.88. The van der Waals surface area contributed by atoms with Gasteiger partial charge in [0, 0.05) is 13.2 Å². The number of amides is 1. The number of aryl methyl sites for hydroxylation is 1. The van der Waals surface area contributed by atoms with Gasteiger partial charge in [0.25, 0.3) is 0 Å². The minimum Gasteiger partial charge on any atom is -0.480 e. The maximum atomic E-state index is 12.8. The Bertz CT molecular complexity index is 535. The Kier molecular flexibility index (Phi) is 4.63. The maximum absolute atomic E-state index is 12.8. The molecule has 114 valence electrons. The molecular formula is C16H21NO4. The van der Waals surface area contributed by atoms with E-state index < -0.39 is 17.4 Å². The topological polar surface area (TPSA) is 75.6 Å². The van der Waals surface area contributed by atoms with Crippen LogP contribution in [0.3, 0.4) is 0 Å². The Morgan fingerprint density at radius 2 is 1.90 bits per heavy atom. The molecule has 0 aliphatic carbocycles. The van der Waals surface area contributed by atoms with Crippen LogP contribution in [0.1, 0.15) is 30.9 Å². The number of rotatable bonds is 4. The first kappa shape index (κ1) is 15.5. The highest BCUT2D eigenvalue weighted by Crippen LogP contribution is 2.37. The Morgan fingerprint density at radius 3 is 2.48 bits per heavy atom. The van der Waals surface area contributed by atoms with Crippen molar-refractivity contribution in [3.8, 4) is 0 Å². The van der Waals surface area contributed by atoms with Crippen LogP contribution in [-0.4, -0.2) is 36.2 Å². The largest absolute Gasteiger partial charge is 0.480 e. The highest BCUT2D eigenvalue weighted by Gasteiger charge is 2.43. The van der Waals surface area contributed by atoms with Crippen molar-refractivity contribution in [2.24, 2.45) is 0 Å². The molecule has 1 saturated heterocycles. The first-order valence-corrected chi connectivity index (χ1v) is 7.15. The quantitative estimate of drug-likeness (QED) is 0.884. The fraction of sp³-hybridized carbons (Fsp3) is 0.500. The number of nitrogens with one attached hydrogen (secondary N) is 1. The highest BCUT2D eigenvalue weighted by atomic mass is 16.5. The molecule has 0 saturated carbocycles. The molecule has 0 aromatic heterocycles. The Balaban J connectivity index is 2.36. The fourth-order valence-electron chi connectivity index (χ4n) is 2.84. The van der Waals surface area contributed by atoms with E-state index in [0.29, 0.717) is 26.1 Å². The van der Waals surface area contributed by atoms with E-state index in [1.807, 2.05) is 31.2 Å². The summed E-state index contributed by atoms with van der Waals surface area (Å²) in [7, 11) is 0. The average Bonchev–Trinajstić information content (AvgIpc) is 2.48. The summed E-state index contributed by atoms with van der Waals surface area (Å²) in [4.78, 5) is 23.7. The summed E-state index contributed by atoms with van der Waals surface area (Å²) in [6.07, 6.45) is 1.13. The smallest absolute Gasteiger partial charge is 0.325 e. The minimum absolute atomic E-state index is 0.227. The lowest BCUT2D eigenvalue weighted by molar-refractivity contribution is -0.143. The van der Waals surface area contributed by atoms with Crippen molar-refractivity contribution in [1.82, 2.24) is 5.32 Å². The summed E-state index contributed by atoms with van der Waals surface area (Å²) in [5.41, 5.74) is 1.30. The van der Waals surface area contributed by atoms with Gasteiger partial charge in [-0.1, -0.05) is 24.3 Å². The number of carbonyl (C=O) groups excluding carboxylic acids is 1. The molecule has 5 heteroatoms. The van der Waals surface area contributed by atoms with Crippen LogP contribution in [0, 0.1) is 6.92 Å². The molecule has 1 atom stereocenters. The molecule has 1 aromatic carbocycles. The van der Waals surface area contributed by atoms with Crippen LogP contribution in [0.2, 0.25) is 0 Å². The zero-order chi connectivity index (χ0) is 15.5. The van der Waals surface area contributed by atoms with Crippen molar-refractivity contribution in [3.63, 3.8) is 0 Å². The van der Waals surface area contributed by atoms with Crippen molar-refractivity contribution in [2.45, 2.75) is 38.1 Å². The molecule has 0 bridgehead atoms. The lowest BCUT2D eigenvalue weighted by Crippen LogP contribution is -2.52. The molecule has 21 heavy (non-hydrogen) atoms. The number of benzene rings is 1. The first-order chi connectivity index (χ1) is 9.97. The minimum atomic E-state index is -1.03. The van der Waals surface area contributed by atoms with Crippen LogP contribution in [0.5, 0.6) is 0 Å². The van der Waals surface area contributed by atoms with Crippen LogP contribution in [0.4, 0.5) is 0 Å². The number of carboxylic acids is 1. The van der Waals surface area contributed by atoms with E-state index in [1.54, 1.807) is 0 Å². The molecule has 1 fully saturated rings. The van der Waals surface area contributed by atoms with Crippen molar-refractivity contribution in [3.05, 3.63) is 35.4 Å². The van der Waals surface area contributed by atoms with Gasteiger partial charge in [0.1, 0.15) is 6.04 Å². The number of aliphatic carboxylic acids is 1. The standard InChI is InChI=1S/C16H21NO4/c1-11-5-3-4-6-13(11)16(7-9-21-10-8-16)15(20)17-12(2)14(18)19/h3-6,12H,7-10H2,1-2H3,(H,17,20)(H,18,19). The average molecular weight is 291 g/mol. The molecule has 2 N–H and O–H groups in total. The lowest BCUT2D eigenvalue weighted by Gasteiger charge is -2.37. The molecule has 1 unspecified atom stereocenters. The summed E-state index contributed by atoms with van der Waals surface area (Å²) in [6, 6.07) is 6.87. The van der Waals surface area contributed by atoms with Gasteiger partial charge in [-0.3, -0.25) is 9.59 Å². The second-order valence-corrected chi connectivity index (χ2v) is 5.54. The zero-order valence-corrected chi connectivity index (χ0v) is 12.4. The van der Waals surface area contributed by atoms with Gasteiger partial charge < -0.3 is 15.2 Å². The summed E-state index contributed by atoms with van der Waals surface area (Å²) in [6.45, 7) is 4.46. The van der Waals surface area contributed by atoms with Gasteiger partial charge in [0.15, 0.2) is 0 Å². The lowest BCUT2D eigenvalue weighted by atomic mass is 9.71. The van der Waals surface area contributed by atoms with Gasteiger partial charge in [0.05, 0.1) is 5.41 Å². The Labute approximate surface area is 124 Å². The van der Waals surface area contributed by atoms with Crippen molar-refractivity contribution >= 4 is 11.9 Å². The van der Waals surface area contributed by atoms with Gasteiger partial charge in [0.2, 0.25) is 5.91 Å². The summed E-state index contributed by atoms with van der Waals surface area (Å²) in [5, 5.41) is 11.6. The third-order valence-electron chi connectivity index (χ3n) is 4.16. The summed E-state index contributed by atoms with van der Waals surface area (Å²) in [5.74, 6) is -1.26. The van der Waals surface area contributed by atoms with Gasteiger partial charge in [-0.25, -0.2) is 0 Å². The SMILES string of the molecule is Cc1ccccc1C1(C(=O)NC(C)C(=O)O)CCOCC1. The predicted molar refractivity (Wildman–Crippen MR) is 78.2 cm³/mol. The van der Waals surface area contributed by atoms with Crippen LogP contribution < -0.4 is 5.32 Å². The van der Waals surface area contributed by atoms with E-state index in [2.05, 4.69) is 5.32 Å². The number of ether oxygens (including phenoxy) is 1. The zero-order valence-electron chi connectivity index (χ0n) is 12.4. The van der Waals surface area contributed by atoms with Crippen LogP contribution in [0.15, 0.2) is 24.3 Å². The van der Waals surface area contributed by atoms with Crippen molar-refractivity contribution in [2.75, 3.05) is 13.2 Å². The molecule has 0 spiro atoms. The highest BCUT2D eigenvalue weighted by molar-refractivity contribution is 5.91. The second-order valence-electron chi connectivity index (χ2n) is 5.54. The van der Waals surface area contributed by atoms with E-state index in [9.17, 15) is 9.59 Å². The van der Waals surface area contributed by atoms with Crippen LogP contribution >= 0.6 is 0 Å². The molecule has 0 radical (unpaired) electrons. The van der Waals surface area contributed by atoms with E-state index in [-0.39, 0.29) is 5.91 Å². The molecular weight excluding hydrogens is 270 g/mol. The van der Waals surface area contributed by atoms with Gasteiger partial charge in [-0.15, -0.1) is 0 Å². The molecule has 1 aromatic rings. The molecule has 5 nitrogen and oxygen atoms in total. The third-order valence-corrected chi connectivity index (χ3v) is 4.16. The van der Waals surface area contributed by atoms with Crippen molar-refractivity contribution in [1.29, 1.82) is 0 Å². The van der Waals surface area contributed by atoms with E-state index in [1.165, 1.54) is 6.92 Å². The first-order valence-electron chi connectivity index (χ1n) is 7.15. The number of carboxylic acid groups (broad SMARTS) is 1. The summed E-state index contributed by atoms with van der Waals surface area (Å²) < 4.78 is 5.39. The molecule has 1 heterocycles. The molecule has 1 amide bonds. The van der Waals surface area contributed by atoms with Crippen LogP contribution in [-0.2, 0) is 19.7 Å². The van der Waals surface area contributed by atoms with Gasteiger partial charge in [-0.2, -0.15) is 0 Å². The van der Waals surface area contributed by atoms with Crippen LogP contribution in [0.25, 0.3) is 0 Å². The number of hydrogen-bond acceptors (Lipinski definition) is 3. The molecule has 1 aliphatic rings.